The van der Waals surface area contributed by atoms with Crippen LogP contribution in [0.4, 0.5) is 0 Å². The Hall–Kier alpha value is -2.68. The van der Waals surface area contributed by atoms with Crippen LogP contribution in [0.3, 0.4) is 0 Å². The SMILES string of the molecule is N#CCCn1nc(-c2ccccc2)nc1OC=O. The molecule has 0 aliphatic heterocycles. The first-order chi connectivity index (χ1) is 8.85. The van der Waals surface area contributed by atoms with E-state index in [0.29, 0.717) is 18.8 Å². The highest BCUT2D eigenvalue weighted by Gasteiger charge is 2.12. The minimum Gasteiger partial charge on any atom is -0.393 e. The summed E-state index contributed by atoms with van der Waals surface area (Å²) in [6.07, 6.45) is 0.271. The fourth-order valence-corrected chi connectivity index (χ4v) is 1.47. The molecule has 0 saturated carbocycles. The Bertz CT molecular complexity index is 572. The molecule has 0 unspecified atom stereocenters. The van der Waals surface area contributed by atoms with Crippen LogP contribution in [0.25, 0.3) is 11.4 Å². The van der Waals surface area contributed by atoms with Crippen LogP contribution < -0.4 is 4.74 Å². The molecule has 0 spiro atoms. The number of aromatic nitrogens is 3. The number of ether oxygens (including phenoxy) is 1. The Labute approximate surface area is 103 Å². The van der Waals surface area contributed by atoms with Crippen molar-refractivity contribution in [2.45, 2.75) is 13.0 Å². The van der Waals surface area contributed by atoms with Gasteiger partial charge in [-0.25, -0.2) is 4.68 Å². The highest BCUT2D eigenvalue weighted by molar-refractivity contribution is 5.55. The molecule has 0 N–H and O–H groups in total. The van der Waals surface area contributed by atoms with E-state index in [1.54, 1.807) is 0 Å². The number of hydrogen-bond donors (Lipinski definition) is 0. The van der Waals surface area contributed by atoms with Crippen molar-refractivity contribution in [3.8, 4) is 23.5 Å². The molecule has 0 amide bonds. The maximum atomic E-state index is 10.4. The van der Waals surface area contributed by atoms with Crippen LogP contribution in [0.5, 0.6) is 6.01 Å². The summed E-state index contributed by atoms with van der Waals surface area (Å²) < 4.78 is 6.14. The summed E-state index contributed by atoms with van der Waals surface area (Å²) in [5.41, 5.74) is 0.823. The number of nitriles is 1. The number of nitrogens with zero attached hydrogens (tertiary/aromatic N) is 4. The van der Waals surface area contributed by atoms with Gasteiger partial charge in [0.1, 0.15) is 0 Å². The van der Waals surface area contributed by atoms with E-state index in [0.717, 1.165) is 5.56 Å². The van der Waals surface area contributed by atoms with Crippen molar-refractivity contribution in [1.82, 2.24) is 14.8 Å². The van der Waals surface area contributed by atoms with E-state index in [9.17, 15) is 4.79 Å². The van der Waals surface area contributed by atoms with Crippen molar-refractivity contribution in [2.75, 3.05) is 0 Å². The fraction of sp³-hybridized carbons (Fsp3) is 0.167. The molecule has 0 aliphatic carbocycles. The third kappa shape index (κ3) is 2.52. The minimum atomic E-state index is 0.0964. The number of carbonyl (C=O) groups is 1. The lowest BCUT2D eigenvalue weighted by molar-refractivity contribution is -0.121. The van der Waals surface area contributed by atoms with Gasteiger partial charge in [0, 0.05) is 5.56 Å². The van der Waals surface area contributed by atoms with Crippen molar-refractivity contribution >= 4 is 6.47 Å². The van der Waals surface area contributed by atoms with E-state index in [1.165, 1.54) is 4.68 Å². The van der Waals surface area contributed by atoms with Gasteiger partial charge in [-0.05, 0) is 0 Å². The minimum absolute atomic E-state index is 0.0964. The summed E-state index contributed by atoms with van der Waals surface area (Å²) in [6, 6.07) is 11.4. The number of aryl methyl sites for hydroxylation is 1. The highest BCUT2D eigenvalue weighted by atomic mass is 16.5. The van der Waals surface area contributed by atoms with E-state index >= 15 is 0 Å². The Morgan fingerprint density at radius 2 is 2.17 bits per heavy atom. The second-order valence-electron chi connectivity index (χ2n) is 3.43. The number of carbonyl (C=O) groups excluding carboxylic acids is 1. The van der Waals surface area contributed by atoms with Gasteiger partial charge in [0.2, 0.25) is 0 Å². The molecule has 0 atom stereocenters. The summed E-state index contributed by atoms with van der Waals surface area (Å²) in [7, 11) is 0. The Morgan fingerprint density at radius 3 is 2.83 bits per heavy atom. The molecular weight excluding hydrogens is 232 g/mol. The molecule has 0 radical (unpaired) electrons. The average Bonchev–Trinajstić information content (AvgIpc) is 2.81. The number of rotatable bonds is 5. The molecule has 2 rings (SSSR count). The molecule has 18 heavy (non-hydrogen) atoms. The van der Waals surface area contributed by atoms with Crippen LogP contribution >= 0.6 is 0 Å². The van der Waals surface area contributed by atoms with E-state index < -0.39 is 0 Å². The molecule has 0 fully saturated rings. The highest BCUT2D eigenvalue weighted by Crippen LogP contribution is 2.18. The van der Waals surface area contributed by atoms with Crippen LogP contribution in [-0.2, 0) is 11.3 Å². The quantitative estimate of drug-likeness (QED) is 0.740. The second-order valence-corrected chi connectivity index (χ2v) is 3.43. The van der Waals surface area contributed by atoms with Gasteiger partial charge >= 0.3 is 12.5 Å². The van der Waals surface area contributed by atoms with Crippen molar-refractivity contribution in [3.05, 3.63) is 30.3 Å². The van der Waals surface area contributed by atoms with Crippen molar-refractivity contribution < 1.29 is 9.53 Å². The van der Waals surface area contributed by atoms with E-state index in [1.807, 2.05) is 36.4 Å². The molecule has 90 valence electrons. The monoisotopic (exact) mass is 242 g/mol. The first-order valence-electron chi connectivity index (χ1n) is 5.32. The third-order valence-electron chi connectivity index (χ3n) is 2.26. The van der Waals surface area contributed by atoms with Crippen LogP contribution in [0.15, 0.2) is 30.3 Å². The van der Waals surface area contributed by atoms with Crippen LogP contribution in [0.1, 0.15) is 6.42 Å². The Morgan fingerprint density at radius 1 is 1.39 bits per heavy atom. The van der Waals surface area contributed by atoms with E-state index in [2.05, 4.69) is 10.1 Å². The summed E-state index contributed by atoms with van der Waals surface area (Å²) >= 11 is 0. The number of hydrogen-bond acceptors (Lipinski definition) is 5. The smallest absolute Gasteiger partial charge is 0.323 e. The lowest BCUT2D eigenvalue weighted by atomic mass is 10.2. The summed E-state index contributed by atoms with van der Waals surface area (Å²) in [4.78, 5) is 14.5. The van der Waals surface area contributed by atoms with Crippen molar-refractivity contribution in [1.29, 1.82) is 5.26 Å². The van der Waals surface area contributed by atoms with Gasteiger partial charge in [0.05, 0.1) is 19.0 Å². The second kappa shape index (κ2) is 5.59. The van der Waals surface area contributed by atoms with Crippen LogP contribution in [0, 0.1) is 11.3 Å². The van der Waals surface area contributed by atoms with Gasteiger partial charge in [0.25, 0.3) is 0 Å². The largest absolute Gasteiger partial charge is 0.393 e. The molecule has 6 heteroatoms. The standard InChI is InChI=1S/C12H10N4O2/c13-7-4-8-16-12(18-9-17)14-11(15-16)10-5-2-1-3-6-10/h1-3,5-6,9H,4,8H2. The van der Waals surface area contributed by atoms with Gasteiger partial charge in [0.15, 0.2) is 5.82 Å². The molecule has 0 aliphatic rings. The van der Waals surface area contributed by atoms with Crippen LogP contribution in [0.2, 0.25) is 0 Å². The predicted molar refractivity (Wildman–Crippen MR) is 62.4 cm³/mol. The van der Waals surface area contributed by atoms with Crippen molar-refractivity contribution in [3.63, 3.8) is 0 Å². The lowest BCUT2D eigenvalue weighted by Gasteiger charge is -1.98. The van der Waals surface area contributed by atoms with E-state index in [4.69, 9.17) is 10.00 Å². The predicted octanol–water partition coefficient (Wildman–Crippen LogP) is 1.39. The molecule has 2 aromatic rings. The maximum absolute atomic E-state index is 10.4. The molecule has 6 nitrogen and oxygen atoms in total. The normalized spacial score (nSPS) is 9.72. The Kier molecular flexibility index (Phi) is 3.66. The first-order valence-corrected chi connectivity index (χ1v) is 5.32. The van der Waals surface area contributed by atoms with Gasteiger partial charge in [-0.1, -0.05) is 30.3 Å². The lowest BCUT2D eigenvalue weighted by Crippen LogP contribution is -2.04. The summed E-state index contributed by atoms with van der Waals surface area (Å²) in [5, 5.41) is 12.8. The fourth-order valence-electron chi connectivity index (χ4n) is 1.47. The topological polar surface area (TPSA) is 80.8 Å². The summed E-state index contributed by atoms with van der Waals surface area (Å²) in [6.45, 7) is 0.626. The molecular formula is C12H10N4O2. The first kappa shape index (κ1) is 11.8. The molecule has 1 aromatic heterocycles. The molecule has 0 bridgehead atoms. The van der Waals surface area contributed by atoms with Gasteiger partial charge < -0.3 is 4.74 Å². The van der Waals surface area contributed by atoms with Crippen LogP contribution in [-0.4, -0.2) is 21.2 Å². The summed E-state index contributed by atoms with van der Waals surface area (Å²) in [5.74, 6) is 0.463. The molecule has 0 saturated heterocycles. The average molecular weight is 242 g/mol. The van der Waals surface area contributed by atoms with Gasteiger partial charge in [-0.3, -0.25) is 4.79 Å². The maximum Gasteiger partial charge on any atom is 0.323 e. The van der Waals surface area contributed by atoms with Crippen molar-refractivity contribution in [2.24, 2.45) is 0 Å². The van der Waals surface area contributed by atoms with Gasteiger partial charge in [-0.15, -0.1) is 5.10 Å². The number of benzene rings is 1. The van der Waals surface area contributed by atoms with E-state index in [-0.39, 0.29) is 12.4 Å². The zero-order chi connectivity index (χ0) is 12.8. The zero-order valence-corrected chi connectivity index (χ0v) is 9.48. The molecule has 1 heterocycles. The third-order valence-corrected chi connectivity index (χ3v) is 2.26. The van der Waals surface area contributed by atoms with Gasteiger partial charge in [-0.2, -0.15) is 10.2 Å². The molecule has 1 aromatic carbocycles. The Balaban J connectivity index is 2.33. The zero-order valence-electron chi connectivity index (χ0n) is 9.48.